The smallest absolute Gasteiger partial charge is 0.119 e. The fourth-order valence-corrected chi connectivity index (χ4v) is 2.75. The third-order valence-corrected chi connectivity index (χ3v) is 3.80. The van der Waals surface area contributed by atoms with Crippen LogP contribution in [-0.4, -0.2) is 19.7 Å². The first-order valence-electron chi connectivity index (χ1n) is 7.66. The zero-order valence-corrected chi connectivity index (χ0v) is 12.3. The van der Waals surface area contributed by atoms with E-state index in [1.54, 1.807) is 0 Å². The quantitative estimate of drug-likeness (QED) is 0.844. The Hall–Kier alpha value is -1.02. The van der Waals surface area contributed by atoms with E-state index in [-0.39, 0.29) is 0 Å². The summed E-state index contributed by atoms with van der Waals surface area (Å²) in [7, 11) is 0. The SMILES string of the molecule is CC(C)Cc1cccc(OCCC2CCNCC2)c1. The maximum absolute atomic E-state index is 5.91. The van der Waals surface area contributed by atoms with Crippen LogP contribution in [0.5, 0.6) is 5.75 Å². The zero-order chi connectivity index (χ0) is 13.5. The molecule has 19 heavy (non-hydrogen) atoms. The van der Waals surface area contributed by atoms with Gasteiger partial charge in [-0.25, -0.2) is 0 Å². The summed E-state index contributed by atoms with van der Waals surface area (Å²) in [6.45, 7) is 7.72. The number of piperidine rings is 1. The number of hydrogen-bond acceptors (Lipinski definition) is 2. The Balaban J connectivity index is 1.75. The van der Waals surface area contributed by atoms with E-state index in [4.69, 9.17) is 4.74 Å². The van der Waals surface area contributed by atoms with Crippen LogP contribution in [0, 0.1) is 11.8 Å². The van der Waals surface area contributed by atoms with Crippen LogP contribution >= 0.6 is 0 Å². The molecular weight excluding hydrogens is 234 g/mol. The summed E-state index contributed by atoms with van der Waals surface area (Å²) < 4.78 is 5.91. The Morgan fingerprint density at radius 3 is 2.79 bits per heavy atom. The lowest BCUT2D eigenvalue weighted by Gasteiger charge is -2.22. The number of benzene rings is 1. The van der Waals surface area contributed by atoms with Gasteiger partial charge in [0.1, 0.15) is 5.75 Å². The van der Waals surface area contributed by atoms with Gasteiger partial charge >= 0.3 is 0 Å². The Morgan fingerprint density at radius 1 is 1.26 bits per heavy atom. The Kier molecular flexibility index (Phi) is 5.71. The first-order valence-corrected chi connectivity index (χ1v) is 7.66. The van der Waals surface area contributed by atoms with Crippen molar-refractivity contribution in [1.82, 2.24) is 5.32 Å². The molecule has 0 unspecified atom stereocenters. The minimum atomic E-state index is 0.699. The highest BCUT2D eigenvalue weighted by Gasteiger charge is 2.12. The predicted molar refractivity (Wildman–Crippen MR) is 80.7 cm³/mol. The largest absolute Gasteiger partial charge is 0.494 e. The first kappa shape index (κ1) is 14.4. The normalized spacial score (nSPS) is 16.8. The molecule has 0 spiro atoms. The van der Waals surface area contributed by atoms with E-state index in [2.05, 4.69) is 43.4 Å². The topological polar surface area (TPSA) is 21.3 Å². The van der Waals surface area contributed by atoms with Crippen LogP contribution in [0.25, 0.3) is 0 Å². The van der Waals surface area contributed by atoms with E-state index < -0.39 is 0 Å². The molecule has 0 aromatic heterocycles. The molecule has 0 aliphatic carbocycles. The molecule has 1 aromatic rings. The lowest BCUT2D eigenvalue weighted by Crippen LogP contribution is -2.28. The van der Waals surface area contributed by atoms with Gasteiger partial charge in [-0.05, 0) is 68.3 Å². The molecule has 1 aliphatic rings. The predicted octanol–water partition coefficient (Wildman–Crippen LogP) is 3.65. The summed E-state index contributed by atoms with van der Waals surface area (Å²) in [6, 6.07) is 8.58. The highest BCUT2D eigenvalue weighted by atomic mass is 16.5. The van der Waals surface area contributed by atoms with Gasteiger partial charge in [0, 0.05) is 0 Å². The van der Waals surface area contributed by atoms with Crippen LogP contribution in [0.1, 0.15) is 38.7 Å². The van der Waals surface area contributed by atoms with Crippen LogP contribution in [0.3, 0.4) is 0 Å². The van der Waals surface area contributed by atoms with Crippen LogP contribution in [0.4, 0.5) is 0 Å². The van der Waals surface area contributed by atoms with Gasteiger partial charge in [0.25, 0.3) is 0 Å². The van der Waals surface area contributed by atoms with Gasteiger partial charge in [0.05, 0.1) is 6.61 Å². The van der Waals surface area contributed by atoms with Crippen molar-refractivity contribution in [3.05, 3.63) is 29.8 Å². The van der Waals surface area contributed by atoms with Gasteiger partial charge in [-0.3, -0.25) is 0 Å². The Labute approximate surface area is 117 Å². The van der Waals surface area contributed by atoms with E-state index in [0.29, 0.717) is 5.92 Å². The third kappa shape index (κ3) is 5.23. The molecule has 0 atom stereocenters. The molecule has 0 bridgehead atoms. The summed E-state index contributed by atoms with van der Waals surface area (Å²) in [4.78, 5) is 0. The third-order valence-electron chi connectivity index (χ3n) is 3.80. The minimum Gasteiger partial charge on any atom is -0.494 e. The number of ether oxygens (including phenoxy) is 1. The lowest BCUT2D eigenvalue weighted by molar-refractivity contribution is 0.251. The lowest BCUT2D eigenvalue weighted by atomic mass is 9.95. The van der Waals surface area contributed by atoms with Crippen molar-refractivity contribution in [1.29, 1.82) is 0 Å². The maximum atomic E-state index is 5.91. The second-order valence-corrected chi connectivity index (χ2v) is 6.08. The van der Waals surface area contributed by atoms with Gasteiger partial charge in [0.15, 0.2) is 0 Å². The first-order chi connectivity index (χ1) is 9.24. The van der Waals surface area contributed by atoms with Crippen LogP contribution in [0.2, 0.25) is 0 Å². The number of rotatable bonds is 6. The van der Waals surface area contributed by atoms with E-state index in [1.165, 1.54) is 37.9 Å². The van der Waals surface area contributed by atoms with Crippen LogP contribution in [0.15, 0.2) is 24.3 Å². The molecule has 2 rings (SSSR count). The molecule has 1 saturated heterocycles. The van der Waals surface area contributed by atoms with Crippen LogP contribution in [-0.2, 0) is 6.42 Å². The minimum absolute atomic E-state index is 0.699. The summed E-state index contributed by atoms with van der Waals surface area (Å²) in [6.07, 6.45) is 4.93. The number of hydrogen-bond donors (Lipinski definition) is 1. The van der Waals surface area contributed by atoms with Gasteiger partial charge < -0.3 is 10.1 Å². The molecule has 0 radical (unpaired) electrons. The summed E-state index contributed by atoms with van der Waals surface area (Å²) >= 11 is 0. The van der Waals surface area contributed by atoms with E-state index in [1.807, 2.05) is 0 Å². The van der Waals surface area contributed by atoms with Crippen LogP contribution < -0.4 is 10.1 Å². The summed E-state index contributed by atoms with van der Waals surface area (Å²) in [5.74, 6) is 2.58. The van der Waals surface area contributed by atoms with E-state index in [9.17, 15) is 0 Å². The highest BCUT2D eigenvalue weighted by Crippen LogP contribution is 2.19. The molecule has 1 aromatic carbocycles. The molecule has 2 heteroatoms. The molecule has 1 fully saturated rings. The molecule has 1 aliphatic heterocycles. The standard InChI is InChI=1S/C17H27NO/c1-14(2)12-16-4-3-5-17(13-16)19-11-8-15-6-9-18-10-7-15/h3-5,13-15,18H,6-12H2,1-2H3. The highest BCUT2D eigenvalue weighted by molar-refractivity contribution is 5.28. The zero-order valence-electron chi connectivity index (χ0n) is 12.3. The maximum Gasteiger partial charge on any atom is 0.119 e. The van der Waals surface area contributed by atoms with Crippen molar-refractivity contribution in [3.63, 3.8) is 0 Å². The molecule has 1 heterocycles. The van der Waals surface area contributed by atoms with Gasteiger partial charge in [-0.15, -0.1) is 0 Å². The Morgan fingerprint density at radius 2 is 2.05 bits per heavy atom. The average Bonchev–Trinajstić information content (AvgIpc) is 2.40. The van der Waals surface area contributed by atoms with Crippen molar-refractivity contribution in [2.24, 2.45) is 11.8 Å². The fourth-order valence-electron chi connectivity index (χ4n) is 2.75. The molecule has 0 amide bonds. The van der Waals surface area contributed by atoms with Crippen molar-refractivity contribution >= 4 is 0 Å². The van der Waals surface area contributed by atoms with E-state index in [0.717, 1.165) is 24.7 Å². The van der Waals surface area contributed by atoms with Crippen molar-refractivity contribution in [2.45, 2.75) is 39.5 Å². The monoisotopic (exact) mass is 261 g/mol. The van der Waals surface area contributed by atoms with Crippen molar-refractivity contribution in [2.75, 3.05) is 19.7 Å². The van der Waals surface area contributed by atoms with E-state index >= 15 is 0 Å². The second kappa shape index (κ2) is 7.54. The van der Waals surface area contributed by atoms with Gasteiger partial charge in [0.2, 0.25) is 0 Å². The molecule has 0 saturated carbocycles. The fraction of sp³-hybridized carbons (Fsp3) is 0.647. The van der Waals surface area contributed by atoms with Crippen molar-refractivity contribution < 1.29 is 4.74 Å². The molecule has 2 nitrogen and oxygen atoms in total. The average molecular weight is 261 g/mol. The molecule has 1 N–H and O–H groups in total. The van der Waals surface area contributed by atoms with Crippen molar-refractivity contribution in [3.8, 4) is 5.75 Å². The van der Waals surface area contributed by atoms with Gasteiger partial charge in [-0.1, -0.05) is 26.0 Å². The van der Waals surface area contributed by atoms with Gasteiger partial charge in [-0.2, -0.15) is 0 Å². The Bertz CT molecular complexity index is 369. The summed E-state index contributed by atoms with van der Waals surface area (Å²) in [5, 5.41) is 3.41. The summed E-state index contributed by atoms with van der Waals surface area (Å²) in [5.41, 5.74) is 1.38. The number of nitrogens with one attached hydrogen (secondary N) is 1. The molecular formula is C17H27NO. The second-order valence-electron chi connectivity index (χ2n) is 6.08. The molecule has 106 valence electrons.